The van der Waals surface area contributed by atoms with E-state index in [4.69, 9.17) is 11.6 Å². The average Bonchev–Trinajstić information content (AvgIpc) is 3.36. The van der Waals surface area contributed by atoms with Crippen LogP contribution < -0.4 is 5.56 Å². The number of carbonyl (C=O) groups excluding carboxylic acids is 1. The number of nitrogens with one attached hydrogen (secondary N) is 1. The zero-order chi connectivity index (χ0) is 22.4. The third-order valence-corrected chi connectivity index (χ3v) is 5.88. The Kier molecular flexibility index (Phi) is 5.01. The quantitative estimate of drug-likeness (QED) is 0.495. The highest BCUT2D eigenvalue weighted by Gasteiger charge is 2.23. The number of hydrogen-bond donors (Lipinski definition) is 1. The number of halogens is 3. The second-order valence-electron chi connectivity index (χ2n) is 7.64. The fourth-order valence-corrected chi connectivity index (χ4v) is 4.27. The van der Waals surface area contributed by atoms with Crippen molar-refractivity contribution in [3.05, 3.63) is 81.2 Å². The van der Waals surface area contributed by atoms with E-state index in [2.05, 4.69) is 10.1 Å². The molecule has 1 aliphatic rings. The predicted molar refractivity (Wildman–Crippen MR) is 117 cm³/mol. The van der Waals surface area contributed by atoms with Gasteiger partial charge in [0.2, 0.25) is 5.91 Å². The number of benzene rings is 2. The standard InChI is InChI=1S/C23H17ClF2N4O2/c24-15-11-27-23(32)19-20(28-30(21(15)19)22-16(25)3-1-4-17(22)26)14-8-6-13(7-9-14)12-29-10-2-5-18(29)31/h1,3-4,6-9,11H,2,5,10,12H2,(H,27,32). The van der Waals surface area contributed by atoms with Gasteiger partial charge in [0, 0.05) is 31.3 Å². The van der Waals surface area contributed by atoms with E-state index in [1.165, 1.54) is 12.3 Å². The molecule has 2 aromatic carbocycles. The number of aromatic nitrogens is 3. The van der Waals surface area contributed by atoms with Crippen LogP contribution in [0.3, 0.4) is 0 Å². The summed E-state index contributed by atoms with van der Waals surface area (Å²) < 4.78 is 30.1. The average molecular weight is 455 g/mol. The van der Waals surface area contributed by atoms with Crippen molar-refractivity contribution in [1.82, 2.24) is 19.7 Å². The Morgan fingerprint density at radius 2 is 1.78 bits per heavy atom. The van der Waals surface area contributed by atoms with Gasteiger partial charge in [0.05, 0.1) is 10.4 Å². The highest BCUT2D eigenvalue weighted by atomic mass is 35.5. The van der Waals surface area contributed by atoms with Gasteiger partial charge >= 0.3 is 0 Å². The van der Waals surface area contributed by atoms with Gasteiger partial charge in [-0.25, -0.2) is 13.5 Å². The van der Waals surface area contributed by atoms with E-state index in [9.17, 15) is 18.4 Å². The van der Waals surface area contributed by atoms with E-state index in [1.807, 2.05) is 12.1 Å². The molecule has 0 saturated carbocycles. The first-order valence-electron chi connectivity index (χ1n) is 10.1. The van der Waals surface area contributed by atoms with Crippen molar-refractivity contribution in [2.24, 2.45) is 0 Å². The third kappa shape index (κ3) is 3.36. The van der Waals surface area contributed by atoms with E-state index >= 15 is 0 Å². The molecule has 0 radical (unpaired) electrons. The van der Waals surface area contributed by atoms with Gasteiger partial charge in [-0.1, -0.05) is 41.9 Å². The molecule has 5 rings (SSSR count). The number of pyridine rings is 1. The second-order valence-corrected chi connectivity index (χ2v) is 8.04. The Balaban J connectivity index is 1.64. The first-order chi connectivity index (χ1) is 15.4. The molecule has 4 aromatic rings. The Bertz CT molecular complexity index is 1390. The molecule has 6 nitrogen and oxygen atoms in total. The molecule has 1 saturated heterocycles. The van der Waals surface area contributed by atoms with Crippen molar-refractivity contribution in [2.75, 3.05) is 6.54 Å². The summed E-state index contributed by atoms with van der Waals surface area (Å²) in [6, 6.07) is 10.7. The number of rotatable bonds is 4. The third-order valence-electron chi connectivity index (χ3n) is 5.59. The molecular formula is C23H17ClF2N4O2. The summed E-state index contributed by atoms with van der Waals surface area (Å²) >= 11 is 6.31. The lowest BCUT2D eigenvalue weighted by Crippen LogP contribution is -2.23. The van der Waals surface area contributed by atoms with Gasteiger partial charge in [-0.15, -0.1) is 0 Å². The smallest absolute Gasteiger partial charge is 0.259 e. The molecule has 1 fully saturated rings. The Hall–Kier alpha value is -3.52. The van der Waals surface area contributed by atoms with E-state index in [0.29, 0.717) is 18.5 Å². The molecule has 0 spiro atoms. The first kappa shape index (κ1) is 20.4. The van der Waals surface area contributed by atoms with Crippen LogP contribution in [0.1, 0.15) is 18.4 Å². The number of carbonyl (C=O) groups is 1. The minimum absolute atomic E-state index is 0.102. The van der Waals surface area contributed by atoms with Gasteiger partial charge < -0.3 is 9.88 Å². The monoisotopic (exact) mass is 454 g/mol. The van der Waals surface area contributed by atoms with Crippen molar-refractivity contribution < 1.29 is 13.6 Å². The normalized spacial score (nSPS) is 14.0. The number of fused-ring (bicyclic) bond motifs is 1. The maximum absolute atomic E-state index is 14.5. The van der Waals surface area contributed by atoms with Gasteiger partial charge in [0.15, 0.2) is 11.6 Å². The molecule has 1 aliphatic heterocycles. The molecular weight excluding hydrogens is 438 g/mol. The molecule has 0 bridgehead atoms. The number of para-hydroxylation sites is 1. The SMILES string of the molecule is O=C1CCCN1Cc1ccc(-c2nn(-c3c(F)cccc3F)c3c(Cl)c[nH]c(=O)c23)cc1. The van der Waals surface area contributed by atoms with Gasteiger partial charge in [-0.3, -0.25) is 9.59 Å². The fraction of sp³-hybridized carbons (Fsp3) is 0.174. The Morgan fingerprint density at radius 3 is 2.44 bits per heavy atom. The van der Waals surface area contributed by atoms with Crippen molar-refractivity contribution in [3.63, 3.8) is 0 Å². The van der Waals surface area contributed by atoms with Crippen molar-refractivity contribution in [1.29, 1.82) is 0 Å². The molecule has 0 aliphatic carbocycles. The minimum Gasteiger partial charge on any atom is -0.338 e. The van der Waals surface area contributed by atoms with E-state index in [-0.39, 0.29) is 27.5 Å². The van der Waals surface area contributed by atoms with Gasteiger partial charge in [0.1, 0.15) is 16.9 Å². The number of nitrogens with zero attached hydrogens (tertiary/aromatic N) is 3. The maximum atomic E-state index is 14.5. The summed E-state index contributed by atoms with van der Waals surface area (Å²) in [5.41, 5.74) is 0.973. The zero-order valence-corrected chi connectivity index (χ0v) is 17.5. The van der Waals surface area contributed by atoms with E-state index in [0.717, 1.165) is 35.3 Å². The summed E-state index contributed by atoms with van der Waals surface area (Å²) in [6.45, 7) is 1.23. The Labute approximate surface area is 186 Å². The fourth-order valence-electron chi connectivity index (χ4n) is 4.04. The van der Waals surface area contributed by atoms with Crippen LogP contribution in [0.5, 0.6) is 0 Å². The van der Waals surface area contributed by atoms with Crippen LogP contribution in [0.25, 0.3) is 27.8 Å². The summed E-state index contributed by atoms with van der Waals surface area (Å²) in [7, 11) is 0. The topological polar surface area (TPSA) is 71.0 Å². The van der Waals surface area contributed by atoms with Gasteiger partial charge in [0.25, 0.3) is 5.56 Å². The predicted octanol–water partition coefficient (Wildman–Crippen LogP) is 4.43. The maximum Gasteiger partial charge on any atom is 0.259 e. The highest BCUT2D eigenvalue weighted by Crippen LogP contribution is 2.33. The lowest BCUT2D eigenvalue weighted by molar-refractivity contribution is -0.128. The molecule has 32 heavy (non-hydrogen) atoms. The molecule has 1 N–H and O–H groups in total. The van der Waals surface area contributed by atoms with Gasteiger partial charge in [-0.2, -0.15) is 5.10 Å². The van der Waals surface area contributed by atoms with Gasteiger partial charge in [-0.05, 0) is 24.1 Å². The van der Waals surface area contributed by atoms with E-state index < -0.39 is 22.9 Å². The molecule has 2 aromatic heterocycles. The van der Waals surface area contributed by atoms with Crippen LogP contribution in [0, 0.1) is 11.6 Å². The van der Waals surface area contributed by atoms with Crippen LogP contribution >= 0.6 is 11.6 Å². The van der Waals surface area contributed by atoms with Crippen LogP contribution in [0.2, 0.25) is 5.02 Å². The lowest BCUT2D eigenvalue weighted by atomic mass is 10.1. The van der Waals surface area contributed by atoms with Crippen molar-refractivity contribution in [3.8, 4) is 16.9 Å². The number of amides is 1. The molecule has 9 heteroatoms. The summed E-state index contributed by atoms with van der Waals surface area (Å²) in [5, 5.41) is 4.62. The molecule has 162 valence electrons. The molecule has 3 heterocycles. The van der Waals surface area contributed by atoms with E-state index in [1.54, 1.807) is 17.0 Å². The van der Waals surface area contributed by atoms with Crippen molar-refractivity contribution in [2.45, 2.75) is 19.4 Å². The second kappa shape index (κ2) is 7.87. The number of likely N-dealkylation sites (tertiary alicyclic amines) is 1. The zero-order valence-electron chi connectivity index (χ0n) is 16.7. The summed E-state index contributed by atoms with van der Waals surface area (Å²) in [5.74, 6) is -1.53. The molecule has 0 unspecified atom stereocenters. The number of H-pyrrole nitrogens is 1. The molecule has 0 atom stereocenters. The highest BCUT2D eigenvalue weighted by molar-refractivity contribution is 6.35. The lowest BCUT2D eigenvalue weighted by Gasteiger charge is -2.15. The van der Waals surface area contributed by atoms with Crippen molar-refractivity contribution >= 4 is 28.4 Å². The number of hydrogen-bond acceptors (Lipinski definition) is 3. The number of aromatic amines is 1. The first-order valence-corrected chi connectivity index (χ1v) is 10.4. The Morgan fingerprint density at radius 1 is 1.06 bits per heavy atom. The van der Waals surface area contributed by atoms with Crippen LogP contribution in [-0.2, 0) is 11.3 Å². The van der Waals surface area contributed by atoms with Crippen LogP contribution in [0.15, 0.2) is 53.5 Å². The molecule has 1 amide bonds. The van der Waals surface area contributed by atoms with Crippen LogP contribution in [0.4, 0.5) is 8.78 Å². The summed E-state index contributed by atoms with van der Waals surface area (Å²) in [6.07, 6.45) is 2.69. The minimum atomic E-state index is -0.831. The largest absolute Gasteiger partial charge is 0.338 e. The van der Waals surface area contributed by atoms with Crippen LogP contribution in [-0.4, -0.2) is 32.1 Å². The summed E-state index contributed by atoms with van der Waals surface area (Å²) in [4.78, 5) is 28.9.